The molecule has 1 aromatic carbocycles. The lowest BCUT2D eigenvalue weighted by Gasteiger charge is -2.35. The van der Waals surface area contributed by atoms with Gasteiger partial charge in [0.05, 0.1) is 30.3 Å². The normalized spacial score (nSPS) is 20.2. The summed E-state index contributed by atoms with van der Waals surface area (Å²) in [5.74, 6) is 0.445. The van der Waals surface area contributed by atoms with E-state index in [4.69, 9.17) is 21.1 Å². The molecule has 0 aromatic heterocycles. The fraction of sp³-hybridized carbons (Fsp3) is 0.556. The van der Waals surface area contributed by atoms with Gasteiger partial charge in [-0.15, -0.1) is 0 Å². The monoisotopic (exact) mass is 368 g/mol. The fourth-order valence-electron chi connectivity index (χ4n) is 2.75. The van der Waals surface area contributed by atoms with Gasteiger partial charge in [0.1, 0.15) is 5.75 Å². The van der Waals surface area contributed by atoms with E-state index in [-0.39, 0.29) is 43.5 Å². The SMILES string of the molecule is C[C@@H]1CN(C(=O)CCNC(=O)CCOc2ccccc2Cl)C[C@@H](C)O1. The summed E-state index contributed by atoms with van der Waals surface area (Å²) < 4.78 is 11.1. The van der Waals surface area contributed by atoms with E-state index in [0.717, 1.165) is 0 Å². The smallest absolute Gasteiger partial charge is 0.224 e. The highest BCUT2D eigenvalue weighted by Gasteiger charge is 2.25. The molecule has 1 heterocycles. The molecule has 2 atom stereocenters. The van der Waals surface area contributed by atoms with Crippen LogP contribution in [0, 0.1) is 0 Å². The molecule has 1 aromatic rings. The van der Waals surface area contributed by atoms with Crippen LogP contribution in [0.1, 0.15) is 26.7 Å². The van der Waals surface area contributed by atoms with Gasteiger partial charge in [-0.1, -0.05) is 23.7 Å². The van der Waals surface area contributed by atoms with Gasteiger partial charge in [0, 0.05) is 26.1 Å². The van der Waals surface area contributed by atoms with Crippen molar-refractivity contribution in [1.29, 1.82) is 0 Å². The molecule has 0 unspecified atom stereocenters. The minimum Gasteiger partial charge on any atom is -0.491 e. The third-order valence-corrected chi connectivity index (χ3v) is 4.17. The number of carbonyl (C=O) groups excluding carboxylic acids is 2. The third kappa shape index (κ3) is 6.55. The van der Waals surface area contributed by atoms with Crippen LogP contribution in [0.2, 0.25) is 5.02 Å². The third-order valence-electron chi connectivity index (χ3n) is 3.86. The zero-order chi connectivity index (χ0) is 18.2. The molecule has 138 valence electrons. The standard InChI is InChI=1S/C18H25ClN2O4/c1-13-11-21(12-14(2)25-13)18(23)7-9-20-17(22)8-10-24-16-6-4-3-5-15(16)19/h3-6,13-14H,7-12H2,1-2H3,(H,20,22)/t13-,14-/m1/s1. The van der Waals surface area contributed by atoms with Gasteiger partial charge < -0.3 is 19.7 Å². The summed E-state index contributed by atoms with van der Waals surface area (Å²) in [6, 6.07) is 7.12. The van der Waals surface area contributed by atoms with Gasteiger partial charge in [0.25, 0.3) is 0 Å². The first-order chi connectivity index (χ1) is 12.0. The predicted molar refractivity (Wildman–Crippen MR) is 95.8 cm³/mol. The maximum absolute atomic E-state index is 12.2. The Morgan fingerprint density at radius 1 is 1.24 bits per heavy atom. The van der Waals surface area contributed by atoms with Crippen LogP contribution >= 0.6 is 11.6 Å². The zero-order valence-electron chi connectivity index (χ0n) is 14.7. The number of benzene rings is 1. The number of nitrogens with zero attached hydrogens (tertiary/aromatic N) is 1. The highest BCUT2D eigenvalue weighted by atomic mass is 35.5. The Kier molecular flexibility index (Phi) is 7.52. The Morgan fingerprint density at radius 3 is 2.60 bits per heavy atom. The number of amides is 2. The van der Waals surface area contributed by atoms with Crippen molar-refractivity contribution in [2.24, 2.45) is 0 Å². The maximum Gasteiger partial charge on any atom is 0.224 e. The zero-order valence-corrected chi connectivity index (χ0v) is 15.4. The molecule has 25 heavy (non-hydrogen) atoms. The van der Waals surface area contributed by atoms with Crippen LogP contribution in [0.4, 0.5) is 0 Å². The van der Waals surface area contributed by atoms with Gasteiger partial charge in [-0.25, -0.2) is 0 Å². The van der Waals surface area contributed by atoms with Gasteiger partial charge in [0.2, 0.25) is 11.8 Å². The summed E-state index contributed by atoms with van der Waals surface area (Å²) in [6.07, 6.45) is 0.593. The van der Waals surface area contributed by atoms with E-state index in [0.29, 0.717) is 30.4 Å². The largest absolute Gasteiger partial charge is 0.491 e. The number of rotatable bonds is 7. The molecule has 0 radical (unpaired) electrons. The number of ether oxygens (including phenoxy) is 2. The molecule has 0 bridgehead atoms. The lowest BCUT2D eigenvalue weighted by atomic mass is 10.2. The highest BCUT2D eigenvalue weighted by Crippen LogP contribution is 2.23. The average Bonchev–Trinajstić information content (AvgIpc) is 2.55. The minimum absolute atomic E-state index is 0.0367. The van der Waals surface area contributed by atoms with Crippen LogP contribution in [-0.4, -0.2) is 55.2 Å². The number of hydrogen-bond donors (Lipinski definition) is 1. The minimum atomic E-state index is -0.149. The molecule has 1 aliphatic heterocycles. The van der Waals surface area contributed by atoms with Crippen LogP contribution in [0.3, 0.4) is 0 Å². The molecule has 0 spiro atoms. The quantitative estimate of drug-likeness (QED) is 0.801. The van der Waals surface area contributed by atoms with E-state index < -0.39 is 0 Å². The van der Waals surface area contributed by atoms with Crippen molar-refractivity contribution >= 4 is 23.4 Å². The van der Waals surface area contributed by atoms with Crippen molar-refractivity contribution in [1.82, 2.24) is 10.2 Å². The first-order valence-electron chi connectivity index (χ1n) is 8.53. The van der Waals surface area contributed by atoms with Crippen molar-refractivity contribution in [2.75, 3.05) is 26.2 Å². The lowest BCUT2D eigenvalue weighted by Crippen LogP contribution is -2.48. The Hall–Kier alpha value is -1.79. The van der Waals surface area contributed by atoms with E-state index in [1.54, 1.807) is 17.0 Å². The number of morpholine rings is 1. The summed E-state index contributed by atoms with van der Waals surface area (Å²) >= 11 is 5.98. The predicted octanol–water partition coefficient (Wildman–Crippen LogP) is 2.25. The highest BCUT2D eigenvalue weighted by molar-refractivity contribution is 6.32. The Morgan fingerprint density at radius 2 is 1.92 bits per heavy atom. The van der Waals surface area contributed by atoms with Gasteiger partial charge >= 0.3 is 0 Å². The van der Waals surface area contributed by atoms with E-state index in [2.05, 4.69) is 5.32 Å². The second-order valence-corrected chi connectivity index (χ2v) is 6.59. The number of carbonyl (C=O) groups is 2. The Balaban J connectivity index is 1.62. The number of nitrogens with one attached hydrogen (secondary N) is 1. The van der Waals surface area contributed by atoms with Gasteiger partial charge in [-0.2, -0.15) is 0 Å². The Labute approximate surface area is 153 Å². The van der Waals surface area contributed by atoms with Gasteiger partial charge in [0.15, 0.2) is 0 Å². The summed E-state index contributed by atoms with van der Waals surface area (Å²) in [4.78, 5) is 25.8. The van der Waals surface area contributed by atoms with Crippen LogP contribution in [0.15, 0.2) is 24.3 Å². The molecule has 2 amide bonds. The summed E-state index contributed by atoms with van der Waals surface area (Å²) in [7, 11) is 0. The molecule has 1 fully saturated rings. The number of para-hydroxylation sites is 1. The Bertz CT molecular complexity index is 586. The van der Waals surface area contributed by atoms with Crippen molar-refractivity contribution in [3.8, 4) is 5.75 Å². The molecule has 0 aliphatic carbocycles. The van der Waals surface area contributed by atoms with Crippen LogP contribution < -0.4 is 10.1 Å². The summed E-state index contributed by atoms with van der Waals surface area (Å²) in [6.45, 7) is 5.67. The van der Waals surface area contributed by atoms with Crippen LogP contribution in [0.5, 0.6) is 5.75 Å². The van der Waals surface area contributed by atoms with E-state index >= 15 is 0 Å². The van der Waals surface area contributed by atoms with Crippen molar-refractivity contribution in [2.45, 2.75) is 38.9 Å². The van der Waals surface area contributed by atoms with Crippen LogP contribution in [0.25, 0.3) is 0 Å². The second kappa shape index (κ2) is 9.63. The maximum atomic E-state index is 12.2. The van der Waals surface area contributed by atoms with Gasteiger partial charge in [-0.05, 0) is 26.0 Å². The van der Waals surface area contributed by atoms with E-state index in [1.165, 1.54) is 0 Å². The number of hydrogen-bond acceptors (Lipinski definition) is 4. The molecule has 1 aliphatic rings. The molecule has 1 N–H and O–H groups in total. The lowest BCUT2D eigenvalue weighted by molar-refractivity contribution is -0.143. The van der Waals surface area contributed by atoms with Crippen LogP contribution in [-0.2, 0) is 14.3 Å². The van der Waals surface area contributed by atoms with E-state index in [9.17, 15) is 9.59 Å². The molecule has 0 saturated carbocycles. The van der Waals surface area contributed by atoms with Gasteiger partial charge in [-0.3, -0.25) is 9.59 Å². The van der Waals surface area contributed by atoms with E-state index in [1.807, 2.05) is 26.0 Å². The molecule has 2 rings (SSSR count). The van der Waals surface area contributed by atoms with Crippen molar-refractivity contribution in [3.05, 3.63) is 29.3 Å². The average molecular weight is 369 g/mol. The van der Waals surface area contributed by atoms with Crippen molar-refractivity contribution in [3.63, 3.8) is 0 Å². The van der Waals surface area contributed by atoms with Crippen molar-refractivity contribution < 1.29 is 19.1 Å². The molecular weight excluding hydrogens is 344 g/mol. The molecular formula is C18H25ClN2O4. The summed E-state index contributed by atoms with van der Waals surface area (Å²) in [5, 5.41) is 3.26. The molecule has 7 heteroatoms. The topological polar surface area (TPSA) is 67.9 Å². The summed E-state index contributed by atoms with van der Waals surface area (Å²) in [5.41, 5.74) is 0. The molecule has 6 nitrogen and oxygen atoms in total. The first-order valence-corrected chi connectivity index (χ1v) is 8.90. The fourth-order valence-corrected chi connectivity index (χ4v) is 2.94. The number of halogens is 1. The first kappa shape index (κ1) is 19.5. The second-order valence-electron chi connectivity index (χ2n) is 6.18. The molecule has 1 saturated heterocycles.